The number of rotatable bonds is 8. The van der Waals surface area contributed by atoms with Crippen LogP contribution < -0.4 is 69.5 Å². The van der Waals surface area contributed by atoms with Gasteiger partial charge in [-0.1, -0.05) is 72.5 Å². The molecule has 0 spiro atoms. The largest absolute Gasteiger partial charge is 1.00 e. The molecule has 6 aromatic carbocycles. The summed E-state index contributed by atoms with van der Waals surface area (Å²) >= 11 is 0. The Morgan fingerprint density at radius 3 is 1.67 bits per heavy atom. The van der Waals surface area contributed by atoms with E-state index in [1.54, 1.807) is 66.7 Å². The molecule has 0 fully saturated rings. The summed E-state index contributed by atoms with van der Waals surface area (Å²) in [5.74, 6) is -0.587. The third kappa shape index (κ3) is 8.18. The maximum absolute atomic E-state index is 13.0. The molecule has 0 saturated carbocycles. The van der Waals surface area contributed by atoms with E-state index in [-0.39, 0.29) is 91.8 Å². The van der Waals surface area contributed by atoms with Crippen molar-refractivity contribution in [2.75, 3.05) is 5.32 Å². The summed E-state index contributed by atoms with van der Waals surface area (Å²) in [6.45, 7) is 0. The minimum absolute atomic E-state index is 0. The van der Waals surface area contributed by atoms with E-state index in [9.17, 15) is 31.0 Å². The van der Waals surface area contributed by atoms with Gasteiger partial charge in [-0.15, -0.1) is 10.2 Å². The van der Waals surface area contributed by atoms with Gasteiger partial charge in [-0.25, -0.2) is 8.42 Å². The fourth-order valence-electron chi connectivity index (χ4n) is 4.81. The summed E-state index contributed by atoms with van der Waals surface area (Å²) in [5, 5.41) is 33.9. The molecule has 12 nitrogen and oxygen atoms in total. The van der Waals surface area contributed by atoms with Crippen molar-refractivity contribution in [3.63, 3.8) is 0 Å². The summed E-state index contributed by atoms with van der Waals surface area (Å²) in [4.78, 5) is -0.953. The van der Waals surface area contributed by atoms with E-state index in [1.165, 1.54) is 36.4 Å². The molecule has 0 bridgehead atoms. The molecule has 6 aromatic rings. The van der Waals surface area contributed by atoms with Crippen molar-refractivity contribution in [1.82, 2.24) is 0 Å². The maximum Gasteiger partial charge on any atom is 1.00 e. The summed E-state index contributed by atoms with van der Waals surface area (Å²) in [6.07, 6.45) is 0. The summed E-state index contributed by atoms with van der Waals surface area (Å²) in [7, 11) is -9.53. The van der Waals surface area contributed by atoms with Gasteiger partial charge in [0, 0.05) is 16.5 Å². The van der Waals surface area contributed by atoms with E-state index in [0.717, 1.165) is 6.07 Å². The van der Waals surface area contributed by atoms with Crippen LogP contribution in [0.3, 0.4) is 0 Å². The Bertz CT molecular complexity index is 2430. The molecule has 0 radical (unpaired) electrons. The minimum Gasteiger partial charge on any atom is -0.871 e. The van der Waals surface area contributed by atoms with Gasteiger partial charge < -0.3 is 15.0 Å². The van der Waals surface area contributed by atoms with Crippen molar-refractivity contribution < 1.29 is 90.2 Å². The number of hydrogen-bond donors (Lipinski definition) is 2. The molecule has 2 N–H and O–H groups in total. The van der Waals surface area contributed by atoms with Gasteiger partial charge in [0.25, 0.3) is 10.1 Å². The molecule has 0 saturated heterocycles. The first-order valence-electron chi connectivity index (χ1n) is 13.5. The van der Waals surface area contributed by atoms with Crippen molar-refractivity contribution >= 4 is 75.9 Å². The second kappa shape index (κ2) is 15.3. The van der Waals surface area contributed by atoms with Crippen LogP contribution in [0.25, 0.3) is 21.5 Å². The second-order valence-corrected chi connectivity index (χ2v) is 12.7. The number of fused-ring (bicyclic) bond motifs is 2. The Hall–Kier alpha value is -3.54. The van der Waals surface area contributed by atoms with Crippen molar-refractivity contribution in [2.24, 2.45) is 20.5 Å². The average Bonchev–Trinajstić information content (AvgIpc) is 3.04. The fourth-order valence-corrected chi connectivity index (χ4v) is 6.18. The Labute approximate surface area is 319 Å². The van der Waals surface area contributed by atoms with Crippen LogP contribution in [0.4, 0.5) is 34.1 Å². The number of benzene rings is 6. The molecular formula is C32H21N5Na2O7S2. The third-order valence-electron chi connectivity index (χ3n) is 6.92. The molecule has 0 amide bonds. The van der Waals surface area contributed by atoms with Crippen LogP contribution in [0, 0.1) is 0 Å². The zero-order valence-electron chi connectivity index (χ0n) is 25.5. The Kier molecular flexibility index (Phi) is 11.9. The standard InChI is InChI=1S/C32H23N5O7S2.2Na/c38-32-25-13-7-6-12-24(25)30(45(39,40)41)19-29(32)37-36-27-17-16-26(22-10-4-5-11-23(22)27)35-34-21-14-15-28(31(18-21)46(42,43)44)33-20-8-2-1-3-9-20;;/h1-19,33,38H,(H,39,40,41)(H,42,43,44);;/q;2*+1/p-2. The van der Waals surface area contributed by atoms with Crippen molar-refractivity contribution in [1.29, 1.82) is 0 Å². The van der Waals surface area contributed by atoms with Gasteiger partial charge >= 0.3 is 59.1 Å². The van der Waals surface area contributed by atoms with Crippen LogP contribution in [0.5, 0.6) is 5.75 Å². The van der Waals surface area contributed by atoms with Gasteiger partial charge in [-0.3, -0.25) is 4.55 Å². The molecule has 0 atom stereocenters. The molecule has 0 heterocycles. The fraction of sp³-hybridized carbons (Fsp3) is 0. The van der Waals surface area contributed by atoms with Crippen LogP contribution in [0.2, 0.25) is 0 Å². The topological polar surface area (TPSA) is 196 Å². The molecule has 0 aliphatic rings. The van der Waals surface area contributed by atoms with Gasteiger partial charge in [0.2, 0.25) is 0 Å². The van der Waals surface area contributed by atoms with Crippen LogP contribution in [-0.4, -0.2) is 25.9 Å². The van der Waals surface area contributed by atoms with Gasteiger partial charge in [0.1, 0.15) is 15.0 Å². The molecule has 0 unspecified atom stereocenters. The van der Waals surface area contributed by atoms with Crippen molar-refractivity contribution in [3.05, 3.63) is 115 Å². The van der Waals surface area contributed by atoms with Gasteiger partial charge in [-0.2, -0.15) is 18.6 Å². The normalized spacial score (nSPS) is 11.9. The summed E-state index contributed by atoms with van der Waals surface area (Å²) < 4.78 is 70.0. The number of hydrogen-bond acceptors (Lipinski definition) is 11. The summed E-state index contributed by atoms with van der Waals surface area (Å²) in [6, 6.07) is 29.9. The number of nitrogens with zero attached hydrogens (tertiary/aromatic N) is 4. The predicted octanol–water partition coefficient (Wildman–Crippen LogP) is 1.80. The monoisotopic (exact) mass is 697 g/mol. The van der Waals surface area contributed by atoms with Crippen LogP contribution >= 0.6 is 0 Å². The number of nitrogens with one attached hydrogen (secondary N) is 1. The average molecular weight is 698 g/mol. The Morgan fingerprint density at radius 2 is 1.08 bits per heavy atom. The van der Waals surface area contributed by atoms with E-state index in [2.05, 4.69) is 25.8 Å². The van der Waals surface area contributed by atoms with Crippen molar-refractivity contribution in [2.45, 2.75) is 9.79 Å². The molecule has 230 valence electrons. The molecule has 48 heavy (non-hydrogen) atoms. The molecule has 16 heteroatoms. The minimum atomic E-state index is -4.91. The van der Waals surface area contributed by atoms with E-state index in [4.69, 9.17) is 0 Å². The molecule has 6 rings (SSSR count). The number of azo groups is 2. The predicted molar refractivity (Wildman–Crippen MR) is 170 cm³/mol. The van der Waals surface area contributed by atoms with Gasteiger partial charge in [0.05, 0.1) is 33.3 Å². The van der Waals surface area contributed by atoms with Crippen LogP contribution in [-0.2, 0) is 20.2 Å². The van der Waals surface area contributed by atoms with E-state index < -0.39 is 30.9 Å². The third-order valence-corrected chi connectivity index (χ3v) is 8.69. The zero-order valence-corrected chi connectivity index (χ0v) is 31.1. The number of para-hydroxylation sites is 1. The van der Waals surface area contributed by atoms with Crippen LogP contribution in [0.1, 0.15) is 0 Å². The summed E-state index contributed by atoms with van der Waals surface area (Å²) in [5.41, 5.74) is 1.32. The van der Waals surface area contributed by atoms with Crippen molar-refractivity contribution in [3.8, 4) is 5.75 Å². The smallest absolute Gasteiger partial charge is 0.871 e. The van der Waals surface area contributed by atoms with E-state index in [0.29, 0.717) is 27.8 Å². The first-order chi connectivity index (χ1) is 22.0. The first-order valence-corrected chi connectivity index (χ1v) is 16.3. The van der Waals surface area contributed by atoms with Crippen LogP contribution in [0.15, 0.2) is 146 Å². The molecule has 0 aliphatic carbocycles. The molecule has 0 aromatic heterocycles. The first kappa shape index (κ1) is 37.3. The van der Waals surface area contributed by atoms with Gasteiger partial charge in [0.15, 0.2) is 0 Å². The SMILES string of the molecule is O=S(=O)([O-])c1cc(N=Nc2ccc(N=Nc3ccc(Nc4ccccc4)c(S(=O)(=O)O)c3)c3ccccc23)c([O-])c2ccccc12.[Na+].[Na+]. The maximum atomic E-state index is 13.0. The Balaban J connectivity index is 0.00000260. The Morgan fingerprint density at radius 1 is 0.562 bits per heavy atom. The zero-order chi connectivity index (χ0) is 32.5. The molecular weight excluding hydrogens is 676 g/mol. The van der Waals surface area contributed by atoms with E-state index in [1.807, 2.05) is 6.07 Å². The quantitative estimate of drug-likeness (QED) is 0.136. The van der Waals surface area contributed by atoms with Gasteiger partial charge in [-0.05, 0) is 59.3 Å². The number of anilines is 2. The van der Waals surface area contributed by atoms with E-state index >= 15 is 0 Å². The second-order valence-electron chi connectivity index (χ2n) is 9.92. The molecule has 0 aliphatic heterocycles.